The first-order chi connectivity index (χ1) is 23.2. The van der Waals surface area contributed by atoms with Crippen LogP contribution in [0.15, 0.2) is 54.6 Å². The summed E-state index contributed by atoms with van der Waals surface area (Å²) < 4.78 is 0. The summed E-state index contributed by atoms with van der Waals surface area (Å²) in [6, 6.07) is 9.97. The highest BCUT2D eigenvalue weighted by molar-refractivity contribution is 5.97. The minimum absolute atomic E-state index is 0.00469. The van der Waals surface area contributed by atoms with E-state index < -0.39 is 65.7 Å². The molecule has 49 heavy (non-hydrogen) atoms. The van der Waals surface area contributed by atoms with Gasteiger partial charge >= 0.3 is 0 Å². The Morgan fingerprint density at radius 1 is 0.776 bits per heavy atom. The molecule has 1 fully saturated rings. The number of nitrogens with zero attached hydrogens (tertiary/aromatic N) is 1. The second-order valence-corrected chi connectivity index (χ2v) is 13.0. The number of phenolic OH excluding ortho intramolecular Hbond substituents is 1. The highest BCUT2D eigenvalue weighted by atomic mass is 16.3. The van der Waals surface area contributed by atoms with Crippen LogP contribution in [0.5, 0.6) is 5.75 Å². The first kappa shape index (κ1) is 38.5. The Morgan fingerprint density at radius 3 is 1.88 bits per heavy atom. The molecule has 0 bridgehead atoms. The third-order valence-electron chi connectivity index (χ3n) is 8.47. The third kappa shape index (κ3) is 11.0. The lowest BCUT2D eigenvalue weighted by Gasteiger charge is -2.31. The van der Waals surface area contributed by atoms with Crippen LogP contribution in [-0.2, 0) is 41.6 Å². The second-order valence-electron chi connectivity index (χ2n) is 13.0. The van der Waals surface area contributed by atoms with Crippen LogP contribution in [0.25, 0.3) is 0 Å². The first-order valence-corrected chi connectivity index (χ1v) is 16.5. The molecular weight excluding hydrogens is 630 g/mol. The molecule has 3 rings (SSSR count). The van der Waals surface area contributed by atoms with Crippen LogP contribution in [0, 0.1) is 11.8 Å². The maximum Gasteiger partial charge on any atom is 0.246 e. The first-order valence-electron chi connectivity index (χ1n) is 16.5. The van der Waals surface area contributed by atoms with Gasteiger partial charge in [-0.2, -0.15) is 0 Å². The molecule has 1 saturated heterocycles. The predicted octanol–water partition coefficient (Wildman–Crippen LogP) is -0.136. The van der Waals surface area contributed by atoms with Crippen molar-refractivity contribution < 1.29 is 33.9 Å². The molecule has 0 saturated carbocycles. The van der Waals surface area contributed by atoms with E-state index in [-0.39, 0.29) is 43.5 Å². The van der Waals surface area contributed by atoms with E-state index in [0.29, 0.717) is 18.4 Å². The number of rotatable bonds is 16. The topological polar surface area (TPSA) is 226 Å². The Kier molecular flexibility index (Phi) is 14.1. The van der Waals surface area contributed by atoms with Crippen LogP contribution in [0.1, 0.15) is 51.7 Å². The van der Waals surface area contributed by atoms with Crippen LogP contribution in [0.2, 0.25) is 0 Å². The highest BCUT2D eigenvalue weighted by Crippen LogP contribution is 2.21. The van der Waals surface area contributed by atoms with Gasteiger partial charge in [-0.15, -0.1) is 0 Å². The Bertz CT molecular complexity index is 1470. The summed E-state index contributed by atoms with van der Waals surface area (Å²) in [6.07, 6.45) is 0.946. The van der Waals surface area contributed by atoms with Gasteiger partial charge in [-0.25, -0.2) is 0 Å². The number of hydrogen-bond donors (Lipinski definition) is 7. The highest BCUT2D eigenvalue weighted by Gasteiger charge is 2.40. The second kappa shape index (κ2) is 18.0. The molecule has 2 aromatic carbocycles. The molecule has 1 heterocycles. The van der Waals surface area contributed by atoms with Crippen molar-refractivity contribution in [1.29, 1.82) is 0 Å². The van der Waals surface area contributed by atoms with Crippen molar-refractivity contribution in [3.05, 3.63) is 65.7 Å². The Balaban J connectivity index is 1.89. The molecule has 1 aliphatic heterocycles. The lowest BCUT2D eigenvalue weighted by Crippen LogP contribution is -2.60. The molecule has 0 aromatic heterocycles. The summed E-state index contributed by atoms with van der Waals surface area (Å²) in [7, 11) is 0. The van der Waals surface area contributed by atoms with E-state index >= 15 is 0 Å². The number of carbonyl (C=O) groups excluding carboxylic acids is 6. The van der Waals surface area contributed by atoms with Crippen molar-refractivity contribution in [3.63, 3.8) is 0 Å². The third-order valence-corrected chi connectivity index (χ3v) is 8.47. The average Bonchev–Trinajstić information content (AvgIpc) is 3.56. The summed E-state index contributed by atoms with van der Waals surface area (Å²) in [5.74, 6) is -4.10. The fourth-order valence-corrected chi connectivity index (χ4v) is 5.72. The van der Waals surface area contributed by atoms with Crippen LogP contribution in [0.4, 0.5) is 0 Å². The molecule has 9 N–H and O–H groups in total. The zero-order valence-electron chi connectivity index (χ0n) is 28.5. The van der Waals surface area contributed by atoms with Gasteiger partial charge in [-0.1, -0.05) is 70.2 Å². The van der Waals surface area contributed by atoms with Crippen LogP contribution < -0.4 is 32.7 Å². The van der Waals surface area contributed by atoms with Gasteiger partial charge < -0.3 is 42.7 Å². The number of amides is 6. The van der Waals surface area contributed by atoms with Crippen molar-refractivity contribution in [3.8, 4) is 5.75 Å². The molecule has 6 amide bonds. The molecule has 0 radical (unpaired) electrons. The Labute approximate surface area is 286 Å². The molecule has 5 atom stereocenters. The molecular formula is C35H49N7O7. The lowest BCUT2D eigenvalue weighted by atomic mass is 10.00. The van der Waals surface area contributed by atoms with Crippen molar-refractivity contribution in [1.82, 2.24) is 26.2 Å². The number of nitrogens with two attached hydrogens (primary N) is 2. The van der Waals surface area contributed by atoms with E-state index in [1.54, 1.807) is 64.1 Å². The van der Waals surface area contributed by atoms with Crippen molar-refractivity contribution in [2.45, 2.75) is 83.6 Å². The molecule has 0 spiro atoms. The number of benzene rings is 2. The van der Waals surface area contributed by atoms with E-state index in [9.17, 15) is 33.9 Å². The SMILES string of the molecule is CC(C)C(NC(=O)C(Cc1ccccc1)NC(=O)C(Cc1ccc(O)cc1)NC(=O)C1CCCN1C(=O)C(NC(=O)CN)C(C)C)C(N)=O. The summed E-state index contributed by atoms with van der Waals surface area (Å²) in [5.41, 5.74) is 12.3. The summed E-state index contributed by atoms with van der Waals surface area (Å²) in [4.78, 5) is 80.5. The van der Waals surface area contributed by atoms with Crippen LogP contribution >= 0.6 is 0 Å². The molecule has 0 aliphatic carbocycles. The van der Waals surface area contributed by atoms with Gasteiger partial charge in [0.1, 0.15) is 36.0 Å². The van der Waals surface area contributed by atoms with Crippen LogP contribution in [0.3, 0.4) is 0 Å². The number of phenols is 1. The van der Waals surface area contributed by atoms with Crippen LogP contribution in [-0.4, -0.2) is 88.7 Å². The van der Waals surface area contributed by atoms with E-state index in [4.69, 9.17) is 11.5 Å². The number of aromatic hydroxyl groups is 1. The summed E-state index contributed by atoms with van der Waals surface area (Å²) in [6.45, 7) is 7.00. The number of primary amides is 1. The maximum absolute atomic E-state index is 14.0. The van der Waals surface area contributed by atoms with Gasteiger partial charge in [0.2, 0.25) is 35.4 Å². The fourth-order valence-electron chi connectivity index (χ4n) is 5.72. The molecule has 2 aromatic rings. The number of likely N-dealkylation sites (tertiary alicyclic amines) is 1. The zero-order chi connectivity index (χ0) is 36.2. The monoisotopic (exact) mass is 679 g/mol. The number of carbonyl (C=O) groups is 6. The van der Waals surface area contributed by atoms with Gasteiger partial charge in [-0.3, -0.25) is 28.8 Å². The van der Waals surface area contributed by atoms with Crippen molar-refractivity contribution in [2.24, 2.45) is 23.3 Å². The minimum atomic E-state index is -1.20. The average molecular weight is 680 g/mol. The summed E-state index contributed by atoms with van der Waals surface area (Å²) in [5, 5.41) is 20.6. The molecule has 14 nitrogen and oxygen atoms in total. The standard InChI is InChI=1S/C35H49N7O7/c1-20(2)29(31(37)45)41-33(47)26(17-22-9-6-5-7-10-22)38-32(46)25(18-23-12-14-24(43)15-13-23)39-34(48)27-11-8-16-42(27)35(49)30(21(3)4)40-28(44)19-36/h5-7,9-10,12-15,20-21,25-27,29-30,43H,8,11,16-19,36H2,1-4H3,(H2,37,45)(H,38,46)(H,39,48)(H,40,44)(H,41,47). The molecule has 5 unspecified atom stereocenters. The van der Waals surface area contributed by atoms with Gasteiger partial charge in [-0.05, 0) is 47.9 Å². The van der Waals surface area contributed by atoms with E-state index in [0.717, 1.165) is 5.56 Å². The van der Waals surface area contributed by atoms with Gasteiger partial charge in [0.25, 0.3) is 0 Å². The fraction of sp³-hybridized carbons (Fsp3) is 0.486. The van der Waals surface area contributed by atoms with Gasteiger partial charge in [0, 0.05) is 19.4 Å². The largest absolute Gasteiger partial charge is 0.508 e. The molecule has 266 valence electrons. The summed E-state index contributed by atoms with van der Waals surface area (Å²) >= 11 is 0. The Hall–Kier alpha value is -4.98. The molecule has 1 aliphatic rings. The number of nitrogens with one attached hydrogen (secondary N) is 4. The zero-order valence-corrected chi connectivity index (χ0v) is 28.5. The number of hydrogen-bond acceptors (Lipinski definition) is 8. The lowest BCUT2D eigenvalue weighted by molar-refractivity contribution is -0.143. The van der Waals surface area contributed by atoms with E-state index in [1.807, 2.05) is 6.07 Å². The smallest absolute Gasteiger partial charge is 0.246 e. The molecule has 14 heteroatoms. The van der Waals surface area contributed by atoms with Crippen molar-refractivity contribution >= 4 is 35.4 Å². The predicted molar refractivity (Wildman–Crippen MR) is 182 cm³/mol. The normalized spacial score (nSPS) is 16.7. The van der Waals surface area contributed by atoms with Crippen molar-refractivity contribution in [2.75, 3.05) is 13.1 Å². The quantitative estimate of drug-likeness (QED) is 0.126. The van der Waals surface area contributed by atoms with E-state index in [2.05, 4.69) is 21.3 Å². The Morgan fingerprint density at radius 2 is 1.33 bits per heavy atom. The van der Waals surface area contributed by atoms with Gasteiger partial charge in [0.15, 0.2) is 0 Å². The van der Waals surface area contributed by atoms with Gasteiger partial charge in [0.05, 0.1) is 6.54 Å². The van der Waals surface area contributed by atoms with E-state index in [1.165, 1.54) is 17.0 Å². The minimum Gasteiger partial charge on any atom is -0.508 e. The maximum atomic E-state index is 14.0.